The van der Waals surface area contributed by atoms with E-state index in [2.05, 4.69) is 10.6 Å². The zero-order valence-corrected chi connectivity index (χ0v) is 21.2. The second kappa shape index (κ2) is 9.39. The Hall–Kier alpha value is -4.71. The minimum atomic E-state index is -0.701. The maximum Gasteiger partial charge on any atom is 0.343 e. The standard InChI is InChI=1S/C31H27N3O3/c1-20-13-15-26(16-14-20)34-30(36)28(29(35)33(31(34)37)25-10-6-5-7-11-25)19-24-18-22(3)32(23(24)4)27-12-8-9-21(2)17-27/h5-19H,1-4H3/b28-19+. The van der Waals surface area contributed by atoms with E-state index in [1.807, 2.05) is 70.2 Å². The van der Waals surface area contributed by atoms with Gasteiger partial charge >= 0.3 is 6.03 Å². The molecule has 0 spiro atoms. The molecule has 4 amide bonds. The smallest absolute Gasteiger partial charge is 0.318 e. The van der Waals surface area contributed by atoms with Crippen LogP contribution in [0.25, 0.3) is 11.8 Å². The number of urea groups is 1. The highest BCUT2D eigenvalue weighted by Crippen LogP contribution is 2.31. The molecule has 0 saturated carbocycles. The minimum Gasteiger partial charge on any atom is -0.318 e. The molecule has 2 heterocycles. The summed E-state index contributed by atoms with van der Waals surface area (Å²) in [4.78, 5) is 43.1. The third kappa shape index (κ3) is 4.27. The number of imide groups is 2. The van der Waals surface area contributed by atoms with Gasteiger partial charge in [-0.05, 0) is 87.4 Å². The molecule has 0 bridgehead atoms. The first-order valence-corrected chi connectivity index (χ1v) is 12.1. The number of rotatable bonds is 4. The number of hydrogen-bond acceptors (Lipinski definition) is 3. The van der Waals surface area contributed by atoms with Crippen LogP contribution in [0.15, 0.2) is 90.5 Å². The van der Waals surface area contributed by atoms with E-state index in [4.69, 9.17) is 0 Å². The van der Waals surface area contributed by atoms with E-state index >= 15 is 0 Å². The Morgan fingerprint density at radius 3 is 1.81 bits per heavy atom. The van der Waals surface area contributed by atoms with Gasteiger partial charge in [0.05, 0.1) is 11.4 Å². The van der Waals surface area contributed by atoms with Crippen LogP contribution in [-0.2, 0) is 9.59 Å². The van der Waals surface area contributed by atoms with E-state index in [0.29, 0.717) is 11.4 Å². The molecule has 184 valence electrons. The number of carbonyl (C=O) groups is 3. The van der Waals surface area contributed by atoms with Gasteiger partial charge < -0.3 is 4.57 Å². The second-order valence-corrected chi connectivity index (χ2v) is 9.29. The molecule has 1 aliphatic rings. The van der Waals surface area contributed by atoms with Crippen LogP contribution in [0.5, 0.6) is 0 Å². The van der Waals surface area contributed by atoms with Crippen LogP contribution in [0.1, 0.15) is 28.1 Å². The SMILES string of the molecule is Cc1ccc(N2C(=O)/C(=C/c3cc(C)n(-c4cccc(C)c4)c3C)C(=O)N(c3ccccc3)C2=O)cc1. The van der Waals surface area contributed by atoms with Gasteiger partial charge in [0.15, 0.2) is 0 Å². The van der Waals surface area contributed by atoms with Crippen molar-refractivity contribution in [2.24, 2.45) is 0 Å². The van der Waals surface area contributed by atoms with Gasteiger partial charge in [-0.15, -0.1) is 0 Å². The lowest BCUT2D eigenvalue weighted by Gasteiger charge is -2.34. The van der Waals surface area contributed by atoms with Crippen LogP contribution < -0.4 is 9.80 Å². The van der Waals surface area contributed by atoms with E-state index in [1.165, 1.54) is 0 Å². The van der Waals surface area contributed by atoms with Gasteiger partial charge in [-0.2, -0.15) is 0 Å². The van der Waals surface area contributed by atoms with Crippen molar-refractivity contribution in [2.75, 3.05) is 9.80 Å². The zero-order valence-electron chi connectivity index (χ0n) is 21.2. The number of aromatic nitrogens is 1. The van der Waals surface area contributed by atoms with Crippen LogP contribution in [0, 0.1) is 27.7 Å². The number of carbonyl (C=O) groups excluding carboxylic acids is 3. The van der Waals surface area contributed by atoms with E-state index in [0.717, 1.165) is 43.6 Å². The molecule has 4 aromatic rings. The summed E-state index contributed by atoms with van der Waals surface area (Å²) in [5.41, 5.74) is 6.46. The Kier molecular flexibility index (Phi) is 6.09. The van der Waals surface area contributed by atoms with Gasteiger partial charge in [-0.1, -0.05) is 48.0 Å². The molecule has 1 saturated heterocycles. The summed E-state index contributed by atoms with van der Waals surface area (Å²) in [6.45, 7) is 7.91. The van der Waals surface area contributed by atoms with Gasteiger partial charge in [0.2, 0.25) is 0 Å². The summed E-state index contributed by atoms with van der Waals surface area (Å²) >= 11 is 0. The van der Waals surface area contributed by atoms with Gasteiger partial charge in [-0.25, -0.2) is 14.6 Å². The number of barbiturate groups is 1. The number of amides is 4. The average Bonchev–Trinajstić information content (AvgIpc) is 3.16. The molecule has 0 radical (unpaired) electrons. The Morgan fingerprint density at radius 1 is 0.595 bits per heavy atom. The van der Waals surface area contributed by atoms with Crippen molar-refractivity contribution in [3.8, 4) is 5.69 Å². The molecule has 0 unspecified atom stereocenters. The summed E-state index contributed by atoms with van der Waals surface area (Å²) in [6, 6.07) is 25.2. The predicted octanol–water partition coefficient (Wildman–Crippen LogP) is 6.29. The normalized spacial score (nSPS) is 15.1. The Labute approximate surface area is 216 Å². The Balaban J connectivity index is 1.66. The largest absolute Gasteiger partial charge is 0.343 e. The molecule has 3 aromatic carbocycles. The molecule has 0 atom stereocenters. The molecule has 6 heteroatoms. The zero-order chi connectivity index (χ0) is 26.3. The van der Waals surface area contributed by atoms with Crippen LogP contribution in [-0.4, -0.2) is 22.4 Å². The molecular formula is C31H27N3O3. The van der Waals surface area contributed by atoms with Crippen molar-refractivity contribution in [2.45, 2.75) is 27.7 Å². The van der Waals surface area contributed by atoms with Gasteiger partial charge in [-0.3, -0.25) is 9.59 Å². The van der Waals surface area contributed by atoms with Crippen LogP contribution in [0.4, 0.5) is 16.2 Å². The number of para-hydroxylation sites is 1. The second-order valence-electron chi connectivity index (χ2n) is 9.29. The fourth-order valence-corrected chi connectivity index (χ4v) is 4.71. The molecule has 37 heavy (non-hydrogen) atoms. The topological polar surface area (TPSA) is 62.6 Å². The van der Waals surface area contributed by atoms with Crippen molar-refractivity contribution in [1.82, 2.24) is 4.57 Å². The van der Waals surface area contributed by atoms with Gasteiger partial charge in [0.25, 0.3) is 11.8 Å². The van der Waals surface area contributed by atoms with Crippen molar-refractivity contribution >= 4 is 35.3 Å². The van der Waals surface area contributed by atoms with Crippen molar-refractivity contribution < 1.29 is 14.4 Å². The number of nitrogens with zero attached hydrogens (tertiary/aromatic N) is 3. The predicted molar refractivity (Wildman–Crippen MR) is 146 cm³/mol. The number of benzene rings is 3. The molecular weight excluding hydrogens is 462 g/mol. The molecule has 0 N–H and O–H groups in total. The van der Waals surface area contributed by atoms with E-state index in [1.54, 1.807) is 42.5 Å². The third-order valence-electron chi connectivity index (χ3n) is 6.59. The first-order valence-electron chi connectivity index (χ1n) is 12.1. The molecule has 1 fully saturated rings. The number of aryl methyl sites for hydroxylation is 3. The summed E-state index contributed by atoms with van der Waals surface area (Å²) in [7, 11) is 0. The van der Waals surface area contributed by atoms with E-state index < -0.39 is 17.8 Å². The number of anilines is 2. The lowest BCUT2D eigenvalue weighted by molar-refractivity contribution is -0.121. The fraction of sp³-hybridized carbons (Fsp3) is 0.129. The summed E-state index contributed by atoms with van der Waals surface area (Å²) in [5.74, 6) is -1.30. The van der Waals surface area contributed by atoms with Crippen LogP contribution in [0.3, 0.4) is 0 Å². The molecule has 1 aliphatic heterocycles. The van der Waals surface area contributed by atoms with Gasteiger partial charge in [0, 0.05) is 17.1 Å². The fourth-order valence-electron chi connectivity index (χ4n) is 4.71. The minimum absolute atomic E-state index is 0.0754. The van der Waals surface area contributed by atoms with Crippen LogP contribution in [0.2, 0.25) is 0 Å². The van der Waals surface area contributed by atoms with E-state index in [-0.39, 0.29) is 5.57 Å². The highest BCUT2D eigenvalue weighted by Gasteiger charge is 2.43. The van der Waals surface area contributed by atoms with Crippen molar-refractivity contribution in [3.05, 3.63) is 119 Å². The first-order chi connectivity index (χ1) is 17.8. The summed E-state index contributed by atoms with van der Waals surface area (Å²) < 4.78 is 2.09. The summed E-state index contributed by atoms with van der Waals surface area (Å²) in [5, 5.41) is 0. The number of hydrogen-bond donors (Lipinski definition) is 0. The van der Waals surface area contributed by atoms with E-state index in [9.17, 15) is 14.4 Å². The van der Waals surface area contributed by atoms with Crippen molar-refractivity contribution in [1.29, 1.82) is 0 Å². The first kappa shape index (κ1) is 24.0. The summed E-state index contributed by atoms with van der Waals surface area (Å²) in [6.07, 6.45) is 1.60. The Bertz CT molecular complexity index is 1560. The molecule has 6 nitrogen and oxygen atoms in total. The monoisotopic (exact) mass is 489 g/mol. The maximum absolute atomic E-state index is 13.7. The lowest BCUT2D eigenvalue weighted by atomic mass is 10.0. The maximum atomic E-state index is 13.7. The average molecular weight is 490 g/mol. The Morgan fingerprint density at radius 2 is 1.19 bits per heavy atom. The highest BCUT2D eigenvalue weighted by molar-refractivity contribution is 6.46. The highest BCUT2D eigenvalue weighted by atomic mass is 16.2. The lowest BCUT2D eigenvalue weighted by Crippen LogP contribution is -2.57. The van der Waals surface area contributed by atoms with Crippen molar-refractivity contribution in [3.63, 3.8) is 0 Å². The quantitative estimate of drug-likeness (QED) is 0.250. The molecule has 1 aromatic heterocycles. The molecule has 5 rings (SSSR count). The third-order valence-corrected chi connectivity index (χ3v) is 6.59. The van der Waals surface area contributed by atoms with Gasteiger partial charge in [0.1, 0.15) is 5.57 Å². The molecule has 0 aliphatic carbocycles. The van der Waals surface area contributed by atoms with Crippen LogP contribution >= 0.6 is 0 Å².